The molecule has 4 nitrogen and oxygen atoms in total. The Bertz CT molecular complexity index is 640. The van der Waals surface area contributed by atoms with Crippen LogP contribution in [-0.2, 0) is 0 Å². The van der Waals surface area contributed by atoms with Crippen LogP contribution in [0.5, 0.6) is 11.5 Å². The number of benzene rings is 2. The quantitative estimate of drug-likeness (QED) is 0.653. The summed E-state index contributed by atoms with van der Waals surface area (Å²) in [7, 11) is 0. The Morgan fingerprint density at radius 1 is 1.13 bits per heavy atom. The molecular weight excluding hydrogens is 288 g/mol. The van der Waals surface area contributed by atoms with Crippen molar-refractivity contribution in [2.24, 2.45) is 0 Å². The summed E-state index contributed by atoms with van der Waals surface area (Å²) in [6.45, 7) is 5.49. The monoisotopic (exact) mass is 312 g/mol. The summed E-state index contributed by atoms with van der Waals surface area (Å²) in [6, 6.07) is 14.1. The molecule has 0 saturated carbocycles. The second kappa shape index (κ2) is 7.27. The topological polar surface area (TPSA) is 47.7 Å². The molecule has 0 spiro atoms. The molecule has 1 aliphatic rings. The second-order valence-corrected chi connectivity index (χ2v) is 5.93. The first-order chi connectivity index (χ1) is 11.2. The summed E-state index contributed by atoms with van der Waals surface area (Å²) in [5.74, 6) is 1.84. The predicted molar refractivity (Wildman–Crippen MR) is 94.5 cm³/mol. The minimum atomic E-state index is 0.719. The van der Waals surface area contributed by atoms with Crippen molar-refractivity contribution in [3.05, 3.63) is 48.0 Å². The molecule has 23 heavy (non-hydrogen) atoms. The lowest BCUT2D eigenvalue weighted by molar-refractivity contribution is 0.297. The largest absolute Gasteiger partial charge is 0.494 e. The summed E-state index contributed by atoms with van der Waals surface area (Å²) >= 11 is 0. The Morgan fingerprint density at radius 2 is 1.96 bits per heavy atom. The van der Waals surface area contributed by atoms with Crippen LogP contribution in [0.3, 0.4) is 0 Å². The van der Waals surface area contributed by atoms with E-state index in [4.69, 9.17) is 15.2 Å². The zero-order valence-electron chi connectivity index (χ0n) is 13.6. The van der Waals surface area contributed by atoms with Gasteiger partial charge in [-0.2, -0.15) is 0 Å². The van der Waals surface area contributed by atoms with E-state index >= 15 is 0 Å². The van der Waals surface area contributed by atoms with Crippen LogP contribution in [-0.4, -0.2) is 26.3 Å². The van der Waals surface area contributed by atoms with Crippen molar-refractivity contribution in [2.75, 3.05) is 36.9 Å². The Hall–Kier alpha value is -2.36. The van der Waals surface area contributed by atoms with Gasteiger partial charge in [-0.25, -0.2) is 0 Å². The zero-order chi connectivity index (χ0) is 16.1. The van der Waals surface area contributed by atoms with Gasteiger partial charge in [-0.15, -0.1) is 0 Å². The molecule has 0 amide bonds. The minimum Gasteiger partial charge on any atom is -0.494 e. The van der Waals surface area contributed by atoms with Crippen LogP contribution >= 0.6 is 0 Å². The lowest BCUT2D eigenvalue weighted by Gasteiger charge is -2.31. The Kier molecular flexibility index (Phi) is 4.91. The fourth-order valence-corrected chi connectivity index (χ4v) is 2.76. The van der Waals surface area contributed by atoms with Gasteiger partial charge in [0.15, 0.2) is 0 Å². The molecule has 1 aliphatic heterocycles. The van der Waals surface area contributed by atoms with Crippen LogP contribution in [0.1, 0.15) is 18.4 Å². The van der Waals surface area contributed by atoms with Crippen molar-refractivity contribution in [1.29, 1.82) is 0 Å². The molecule has 2 aromatic carbocycles. The summed E-state index contributed by atoms with van der Waals surface area (Å²) in [5.41, 5.74) is 8.96. The maximum absolute atomic E-state index is 5.82. The van der Waals surface area contributed by atoms with E-state index in [1.165, 1.54) is 5.56 Å². The van der Waals surface area contributed by atoms with Gasteiger partial charge < -0.3 is 20.1 Å². The standard InChI is InChI=1S/C19H24N2O2/c1-15-4-7-17(8-5-15)22-12-3-2-10-21-11-13-23-19-14-16(20)6-9-18(19)21/h4-9,14H,2-3,10-13,20H2,1H3. The number of aryl methyl sites for hydroxylation is 1. The molecule has 0 unspecified atom stereocenters. The van der Waals surface area contributed by atoms with Crippen LogP contribution < -0.4 is 20.1 Å². The highest BCUT2D eigenvalue weighted by Gasteiger charge is 2.17. The summed E-state index contributed by atoms with van der Waals surface area (Å²) < 4.78 is 11.5. The van der Waals surface area contributed by atoms with Gasteiger partial charge in [0, 0.05) is 18.3 Å². The summed E-state index contributed by atoms with van der Waals surface area (Å²) in [4.78, 5) is 2.37. The third-order valence-electron chi connectivity index (χ3n) is 4.06. The molecular formula is C19H24N2O2. The number of hydrogen-bond donors (Lipinski definition) is 1. The smallest absolute Gasteiger partial charge is 0.144 e. The van der Waals surface area contributed by atoms with Gasteiger partial charge in [-0.3, -0.25) is 0 Å². The van der Waals surface area contributed by atoms with Crippen LogP contribution in [0.25, 0.3) is 0 Å². The van der Waals surface area contributed by atoms with Gasteiger partial charge in [0.05, 0.1) is 18.8 Å². The normalized spacial score (nSPS) is 13.3. The maximum Gasteiger partial charge on any atom is 0.144 e. The highest BCUT2D eigenvalue weighted by molar-refractivity contribution is 5.65. The maximum atomic E-state index is 5.82. The fraction of sp³-hybridized carbons (Fsp3) is 0.368. The average Bonchev–Trinajstić information content (AvgIpc) is 2.56. The number of unbranched alkanes of at least 4 members (excludes halogenated alkanes) is 1. The Morgan fingerprint density at radius 3 is 2.78 bits per heavy atom. The first-order valence-corrected chi connectivity index (χ1v) is 8.19. The molecule has 2 N–H and O–H groups in total. The number of rotatable bonds is 6. The number of nitrogens with zero attached hydrogens (tertiary/aromatic N) is 1. The number of fused-ring (bicyclic) bond motifs is 1. The van der Waals surface area contributed by atoms with Gasteiger partial charge in [0.2, 0.25) is 0 Å². The van der Waals surface area contributed by atoms with Crippen molar-refractivity contribution in [1.82, 2.24) is 0 Å². The highest BCUT2D eigenvalue weighted by atomic mass is 16.5. The van der Waals surface area contributed by atoms with E-state index in [1.54, 1.807) is 0 Å². The van der Waals surface area contributed by atoms with Gasteiger partial charge in [-0.1, -0.05) is 17.7 Å². The first kappa shape index (κ1) is 15.5. The van der Waals surface area contributed by atoms with E-state index in [0.29, 0.717) is 0 Å². The molecule has 3 rings (SSSR count). The molecule has 4 heteroatoms. The van der Waals surface area contributed by atoms with Gasteiger partial charge in [0.25, 0.3) is 0 Å². The summed E-state index contributed by atoms with van der Waals surface area (Å²) in [6.07, 6.45) is 2.13. The third kappa shape index (κ3) is 4.09. The van der Waals surface area contributed by atoms with E-state index in [1.807, 2.05) is 30.3 Å². The van der Waals surface area contributed by atoms with E-state index in [-0.39, 0.29) is 0 Å². The van der Waals surface area contributed by atoms with Gasteiger partial charge >= 0.3 is 0 Å². The molecule has 0 bridgehead atoms. The number of anilines is 2. The van der Waals surface area contributed by atoms with Crippen LogP contribution in [0.2, 0.25) is 0 Å². The predicted octanol–water partition coefficient (Wildman–Crippen LogP) is 3.64. The zero-order valence-corrected chi connectivity index (χ0v) is 13.6. The average molecular weight is 312 g/mol. The fourth-order valence-electron chi connectivity index (χ4n) is 2.76. The molecule has 0 saturated heterocycles. The molecule has 1 heterocycles. The molecule has 0 aliphatic carbocycles. The van der Waals surface area contributed by atoms with Crippen molar-refractivity contribution in [3.63, 3.8) is 0 Å². The number of nitrogen functional groups attached to an aromatic ring is 1. The van der Waals surface area contributed by atoms with Crippen LogP contribution in [0, 0.1) is 6.92 Å². The lowest BCUT2D eigenvalue weighted by atomic mass is 10.2. The third-order valence-corrected chi connectivity index (χ3v) is 4.06. The molecule has 122 valence electrons. The van der Waals surface area contributed by atoms with Gasteiger partial charge in [0.1, 0.15) is 18.1 Å². The molecule has 0 aromatic heterocycles. The highest BCUT2D eigenvalue weighted by Crippen LogP contribution is 2.33. The molecule has 0 atom stereocenters. The SMILES string of the molecule is Cc1ccc(OCCCCN2CCOc3cc(N)ccc32)cc1. The van der Waals surface area contributed by atoms with Crippen molar-refractivity contribution >= 4 is 11.4 Å². The molecule has 0 radical (unpaired) electrons. The summed E-state index contributed by atoms with van der Waals surface area (Å²) in [5, 5.41) is 0. The van der Waals surface area contributed by atoms with Crippen molar-refractivity contribution in [3.8, 4) is 11.5 Å². The number of ether oxygens (including phenoxy) is 2. The minimum absolute atomic E-state index is 0.719. The van der Waals surface area contributed by atoms with E-state index in [9.17, 15) is 0 Å². The van der Waals surface area contributed by atoms with E-state index in [2.05, 4.69) is 24.0 Å². The van der Waals surface area contributed by atoms with Crippen LogP contribution in [0.15, 0.2) is 42.5 Å². The van der Waals surface area contributed by atoms with Gasteiger partial charge in [-0.05, 0) is 44.0 Å². The van der Waals surface area contributed by atoms with E-state index < -0.39 is 0 Å². The Balaban J connectivity index is 1.44. The first-order valence-electron chi connectivity index (χ1n) is 8.19. The molecule has 0 fully saturated rings. The number of hydrogen-bond acceptors (Lipinski definition) is 4. The number of nitrogens with two attached hydrogens (primary N) is 1. The van der Waals surface area contributed by atoms with E-state index in [0.717, 1.165) is 62.0 Å². The van der Waals surface area contributed by atoms with Crippen LogP contribution in [0.4, 0.5) is 11.4 Å². The van der Waals surface area contributed by atoms with Crippen molar-refractivity contribution in [2.45, 2.75) is 19.8 Å². The lowest BCUT2D eigenvalue weighted by Crippen LogP contribution is -2.33. The Labute approximate surface area is 137 Å². The second-order valence-electron chi connectivity index (χ2n) is 5.93. The van der Waals surface area contributed by atoms with Crippen molar-refractivity contribution < 1.29 is 9.47 Å². The molecule has 2 aromatic rings.